The van der Waals surface area contributed by atoms with Gasteiger partial charge in [0.2, 0.25) is 0 Å². The number of halogens is 3. The van der Waals surface area contributed by atoms with Gasteiger partial charge in [0.05, 0.1) is 5.03 Å². The Labute approximate surface area is 123 Å². The average molecular weight is 303 g/mol. The first-order valence-corrected chi connectivity index (χ1v) is 6.81. The molecule has 1 aromatic rings. The maximum absolute atomic E-state index is 6.28. The predicted octanol–water partition coefficient (Wildman–Crippen LogP) is 5.05. The van der Waals surface area contributed by atoms with Crippen molar-refractivity contribution in [1.82, 2.24) is 0 Å². The van der Waals surface area contributed by atoms with E-state index in [0.29, 0.717) is 16.5 Å². The smallest absolute Gasteiger partial charge is 0.0563 e. The van der Waals surface area contributed by atoms with Gasteiger partial charge in [-0.1, -0.05) is 46.9 Å². The van der Waals surface area contributed by atoms with E-state index in [1.165, 1.54) is 0 Å². The Morgan fingerprint density at radius 3 is 2.56 bits per heavy atom. The number of allylic oxidation sites excluding steroid dienone is 4. The number of rotatable bonds is 2. The van der Waals surface area contributed by atoms with Crippen LogP contribution in [-0.2, 0) is 0 Å². The highest BCUT2D eigenvalue weighted by Gasteiger charge is 2.22. The van der Waals surface area contributed by atoms with Crippen LogP contribution < -0.4 is 4.90 Å². The Morgan fingerprint density at radius 2 is 1.89 bits per heavy atom. The molecule has 0 bridgehead atoms. The molecule has 0 N–H and O–H groups in total. The van der Waals surface area contributed by atoms with Crippen molar-refractivity contribution in [2.75, 3.05) is 19.0 Å². The van der Waals surface area contributed by atoms with E-state index >= 15 is 0 Å². The van der Waals surface area contributed by atoms with Crippen molar-refractivity contribution in [3.05, 3.63) is 51.0 Å². The summed E-state index contributed by atoms with van der Waals surface area (Å²) in [5.41, 5.74) is 2.30. The number of hydrogen-bond acceptors (Lipinski definition) is 1. The normalized spacial score (nSPS) is 19.8. The van der Waals surface area contributed by atoms with Crippen molar-refractivity contribution in [3.8, 4) is 0 Å². The standard InChI is InChI=1S/C14H14Cl3N/c1-18(2)10-5-3-4-9(6-10)11-7-13(16)14(17)8-12(11)15/h3-6,8,11H,7H2,1-2H3. The van der Waals surface area contributed by atoms with E-state index in [0.717, 1.165) is 16.3 Å². The van der Waals surface area contributed by atoms with Gasteiger partial charge >= 0.3 is 0 Å². The van der Waals surface area contributed by atoms with Crippen molar-refractivity contribution in [1.29, 1.82) is 0 Å². The topological polar surface area (TPSA) is 3.24 Å². The average Bonchev–Trinajstić information content (AvgIpc) is 2.34. The van der Waals surface area contributed by atoms with Crippen LogP contribution in [0.2, 0.25) is 0 Å². The van der Waals surface area contributed by atoms with Crippen LogP contribution in [-0.4, -0.2) is 14.1 Å². The molecule has 18 heavy (non-hydrogen) atoms. The molecular weight excluding hydrogens is 289 g/mol. The summed E-state index contributed by atoms with van der Waals surface area (Å²) in [5.74, 6) is 0.0987. The fourth-order valence-electron chi connectivity index (χ4n) is 1.97. The van der Waals surface area contributed by atoms with E-state index in [4.69, 9.17) is 34.8 Å². The van der Waals surface area contributed by atoms with Gasteiger partial charge in [-0.05, 0) is 30.2 Å². The molecule has 1 aliphatic carbocycles. The predicted molar refractivity (Wildman–Crippen MR) is 80.8 cm³/mol. The largest absolute Gasteiger partial charge is 0.378 e. The maximum atomic E-state index is 6.28. The fraction of sp³-hybridized carbons (Fsp3) is 0.286. The minimum atomic E-state index is 0.0987. The molecule has 2 rings (SSSR count). The van der Waals surface area contributed by atoms with Crippen molar-refractivity contribution in [2.45, 2.75) is 12.3 Å². The molecule has 0 saturated carbocycles. The zero-order valence-electron chi connectivity index (χ0n) is 10.3. The van der Waals surface area contributed by atoms with Gasteiger partial charge < -0.3 is 4.90 Å². The summed E-state index contributed by atoms with van der Waals surface area (Å²) in [4.78, 5) is 2.06. The van der Waals surface area contributed by atoms with E-state index in [2.05, 4.69) is 23.1 Å². The fourth-order valence-corrected chi connectivity index (χ4v) is 2.74. The molecule has 1 unspecified atom stereocenters. The molecular formula is C14H14Cl3N. The summed E-state index contributed by atoms with van der Waals surface area (Å²) in [5, 5.41) is 1.95. The van der Waals surface area contributed by atoms with Gasteiger partial charge in [0.1, 0.15) is 0 Å². The van der Waals surface area contributed by atoms with Crippen LogP contribution in [0.15, 0.2) is 45.4 Å². The van der Waals surface area contributed by atoms with Crippen molar-refractivity contribution < 1.29 is 0 Å². The highest BCUT2D eigenvalue weighted by molar-refractivity contribution is 6.42. The molecule has 1 aliphatic rings. The first-order chi connectivity index (χ1) is 8.49. The summed E-state index contributed by atoms with van der Waals surface area (Å²) >= 11 is 18.4. The van der Waals surface area contributed by atoms with Crippen LogP contribution in [0, 0.1) is 0 Å². The molecule has 1 aromatic carbocycles. The molecule has 0 fully saturated rings. The zero-order valence-corrected chi connectivity index (χ0v) is 12.5. The highest BCUT2D eigenvalue weighted by Crippen LogP contribution is 2.41. The van der Waals surface area contributed by atoms with E-state index in [1.54, 1.807) is 6.08 Å². The summed E-state index contributed by atoms with van der Waals surface area (Å²) in [6.45, 7) is 0. The van der Waals surface area contributed by atoms with Crippen molar-refractivity contribution >= 4 is 40.5 Å². The van der Waals surface area contributed by atoms with Gasteiger partial charge in [-0.25, -0.2) is 0 Å². The first kappa shape index (κ1) is 13.8. The monoisotopic (exact) mass is 301 g/mol. The van der Waals surface area contributed by atoms with E-state index < -0.39 is 0 Å². The van der Waals surface area contributed by atoms with Gasteiger partial charge in [0.15, 0.2) is 0 Å². The molecule has 0 spiro atoms. The quantitative estimate of drug-likeness (QED) is 0.739. The van der Waals surface area contributed by atoms with Crippen LogP contribution in [0.25, 0.3) is 0 Å². The Morgan fingerprint density at radius 1 is 1.17 bits per heavy atom. The third-order valence-corrected chi connectivity index (χ3v) is 4.19. The second-order valence-corrected chi connectivity index (χ2v) is 5.83. The molecule has 0 saturated heterocycles. The zero-order chi connectivity index (χ0) is 13.3. The molecule has 0 aromatic heterocycles. The number of anilines is 1. The SMILES string of the molecule is CN(C)c1cccc(C2CC(Cl)=C(Cl)C=C2Cl)c1. The number of benzene rings is 1. The minimum Gasteiger partial charge on any atom is -0.378 e. The van der Waals surface area contributed by atoms with Crippen LogP contribution in [0.4, 0.5) is 5.69 Å². The molecule has 4 heteroatoms. The van der Waals surface area contributed by atoms with Gasteiger partial charge in [-0.3, -0.25) is 0 Å². The lowest BCUT2D eigenvalue weighted by Crippen LogP contribution is -2.10. The molecule has 0 amide bonds. The van der Waals surface area contributed by atoms with E-state index in [-0.39, 0.29) is 5.92 Å². The van der Waals surface area contributed by atoms with Gasteiger partial charge in [0.25, 0.3) is 0 Å². The van der Waals surface area contributed by atoms with E-state index in [9.17, 15) is 0 Å². The molecule has 0 aliphatic heterocycles. The van der Waals surface area contributed by atoms with Crippen LogP contribution >= 0.6 is 34.8 Å². The molecule has 96 valence electrons. The Hall–Kier alpha value is -0.630. The third kappa shape index (κ3) is 2.85. The van der Waals surface area contributed by atoms with Crippen molar-refractivity contribution in [3.63, 3.8) is 0 Å². The van der Waals surface area contributed by atoms with Gasteiger partial charge in [0, 0.05) is 35.8 Å². The van der Waals surface area contributed by atoms with Crippen LogP contribution in [0.5, 0.6) is 0 Å². The molecule has 0 radical (unpaired) electrons. The highest BCUT2D eigenvalue weighted by atomic mass is 35.5. The number of hydrogen-bond donors (Lipinski definition) is 0. The summed E-state index contributed by atoms with van der Waals surface area (Å²) in [6.07, 6.45) is 2.40. The Balaban J connectivity index is 2.34. The lowest BCUT2D eigenvalue weighted by molar-refractivity contribution is 0.823. The number of nitrogens with zero attached hydrogens (tertiary/aromatic N) is 1. The Bertz CT molecular complexity index is 518. The van der Waals surface area contributed by atoms with Crippen LogP contribution in [0.1, 0.15) is 17.9 Å². The lowest BCUT2D eigenvalue weighted by atomic mass is 9.91. The lowest BCUT2D eigenvalue weighted by Gasteiger charge is -2.22. The second kappa shape index (κ2) is 5.56. The minimum absolute atomic E-state index is 0.0987. The molecule has 0 heterocycles. The summed E-state index contributed by atoms with van der Waals surface area (Å²) in [6, 6.07) is 8.29. The van der Waals surface area contributed by atoms with E-state index in [1.807, 2.05) is 20.2 Å². The van der Waals surface area contributed by atoms with Crippen molar-refractivity contribution in [2.24, 2.45) is 0 Å². The third-order valence-electron chi connectivity index (χ3n) is 3.03. The first-order valence-electron chi connectivity index (χ1n) is 5.67. The Kier molecular flexibility index (Phi) is 4.26. The molecule has 1 atom stereocenters. The summed E-state index contributed by atoms with van der Waals surface area (Å²) in [7, 11) is 4.03. The summed E-state index contributed by atoms with van der Waals surface area (Å²) < 4.78 is 0. The maximum Gasteiger partial charge on any atom is 0.0563 e. The van der Waals surface area contributed by atoms with Crippen LogP contribution in [0.3, 0.4) is 0 Å². The van der Waals surface area contributed by atoms with Gasteiger partial charge in [-0.2, -0.15) is 0 Å². The second-order valence-electron chi connectivity index (χ2n) is 4.53. The molecule has 1 nitrogen and oxygen atoms in total. The van der Waals surface area contributed by atoms with Gasteiger partial charge in [-0.15, -0.1) is 0 Å².